The molecule has 0 aromatic heterocycles. The first-order valence-corrected chi connectivity index (χ1v) is 15.1. The van der Waals surface area contributed by atoms with E-state index in [0.29, 0.717) is 0 Å². The Morgan fingerprint density at radius 2 is 1.68 bits per heavy atom. The Labute approximate surface area is 168 Å². The minimum atomic E-state index is -0.274. The van der Waals surface area contributed by atoms with E-state index >= 15 is 0 Å². The van der Waals surface area contributed by atoms with Crippen LogP contribution in [0.25, 0.3) is 0 Å². The van der Waals surface area contributed by atoms with Crippen molar-refractivity contribution >= 4 is 15.9 Å². The molecule has 2 rings (SSSR count). The molecule has 0 unspecified atom stereocenters. The summed E-state index contributed by atoms with van der Waals surface area (Å²) in [6.07, 6.45) is 1.28. The van der Waals surface area contributed by atoms with E-state index in [-0.39, 0.29) is 29.6 Å². The second kappa shape index (κ2) is 16.5. The second-order valence-electron chi connectivity index (χ2n) is 4.88. The van der Waals surface area contributed by atoms with Gasteiger partial charge in [-0.25, -0.2) is 12.1 Å². The van der Waals surface area contributed by atoms with Crippen LogP contribution in [0, 0.1) is 27.7 Å². The molecule has 0 aliphatic heterocycles. The first-order chi connectivity index (χ1) is 9.40. The Bertz CT molecular complexity index is 451. The topological polar surface area (TPSA) is 0 Å². The monoisotopic (exact) mass is 542 g/mol. The van der Waals surface area contributed by atoms with Gasteiger partial charge >= 0.3 is 58.3 Å². The molecule has 0 atom stereocenters. The fraction of sp³-hybridized carbons (Fsp3) is 0.412. The zero-order valence-corrected chi connectivity index (χ0v) is 20.9. The van der Waals surface area contributed by atoms with Crippen molar-refractivity contribution in [1.29, 1.82) is 0 Å². The second-order valence-corrected chi connectivity index (χ2v) is 17.5. The zero-order valence-electron chi connectivity index (χ0n) is 14.0. The van der Waals surface area contributed by atoms with Gasteiger partial charge in [-0.05, 0) is 0 Å². The summed E-state index contributed by atoms with van der Waals surface area (Å²) in [5, 5.41) is 0. The number of hydrogen-bond donors (Lipinski definition) is 0. The quantitative estimate of drug-likeness (QED) is 0.279. The average molecular weight is 542 g/mol. The molecule has 2 aromatic rings. The molecular weight excluding hydrogens is 517 g/mol. The van der Waals surface area contributed by atoms with Crippen molar-refractivity contribution in [3.8, 4) is 0 Å². The third-order valence-electron chi connectivity index (χ3n) is 3.20. The van der Waals surface area contributed by atoms with Crippen molar-refractivity contribution in [2.24, 2.45) is 0 Å². The van der Waals surface area contributed by atoms with Crippen LogP contribution >= 0.6 is 11.1 Å². The fourth-order valence-corrected chi connectivity index (χ4v) is 5.37. The average Bonchev–Trinajstić information content (AvgIpc) is 3.01. The molecule has 22 heavy (non-hydrogen) atoms. The van der Waals surface area contributed by atoms with E-state index in [1.807, 2.05) is 30.3 Å². The number of rotatable bonds is 2. The van der Waals surface area contributed by atoms with Gasteiger partial charge in [0, 0.05) is 0 Å². The van der Waals surface area contributed by atoms with Crippen LogP contribution in [0.3, 0.4) is 0 Å². The fourth-order valence-electron chi connectivity index (χ4n) is 1.67. The van der Waals surface area contributed by atoms with Gasteiger partial charge in [0.15, 0.2) is 0 Å². The first-order valence-electron chi connectivity index (χ1n) is 6.99. The summed E-state index contributed by atoms with van der Waals surface area (Å²) in [6, 6.07) is 13.5. The molecule has 0 bridgehead atoms. The minimum Gasteiger partial charge on any atom is -1.00 e. The summed E-state index contributed by atoms with van der Waals surface area (Å²) >= 11 is 6.99. The maximum absolute atomic E-state index is 5.74. The van der Waals surface area contributed by atoms with Crippen molar-refractivity contribution in [2.75, 3.05) is 0 Å². The maximum atomic E-state index is 5.74. The predicted molar refractivity (Wildman–Crippen MR) is 89.7 cm³/mol. The van der Waals surface area contributed by atoms with E-state index in [4.69, 9.17) is 11.1 Å². The zero-order chi connectivity index (χ0) is 15.5. The third-order valence-corrected chi connectivity index (χ3v) is 7.40. The van der Waals surface area contributed by atoms with E-state index in [1.165, 1.54) is 57.7 Å². The third kappa shape index (κ3) is 13.1. The molecule has 0 saturated heterocycles. The number of halogens is 3. The summed E-state index contributed by atoms with van der Waals surface area (Å²) in [5.74, 6) is 0. The molecule has 0 saturated carbocycles. The summed E-state index contributed by atoms with van der Waals surface area (Å²) in [5.41, 5.74) is 5.75. The Balaban J connectivity index is -0.000000247. The number of hydrogen-bond acceptors (Lipinski definition) is 0. The largest absolute Gasteiger partial charge is 1.00 e. The summed E-state index contributed by atoms with van der Waals surface area (Å²) in [6.45, 7) is 10.9. The van der Waals surface area contributed by atoms with E-state index in [1.54, 1.807) is 0 Å². The Morgan fingerprint density at radius 3 is 1.77 bits per heavy atom. The molecule has 0 fully saturated rings. The van der Waals surface area contributed by atoms with Gasteiger partial charge in [0.05, 0.1) is 0 Å². The van der Waals surface area contributed by atoms with Gasteiger partial charge in [0.25, 0.3) is 0 Å². The Kier molecular flexibility index (Phi) is 20.6. The molecule has 0 spiro atoms. The van der Waals surface area contributed by atoms with Crippen molar-refractivity contribution in [2.45, 2.75) is 47.1 Å². The van der Waals surface area contributed by atoms with E-state index in [9.17, 15) is 0 Å². The Morgan fingerprint density at radius 1 is 1.18 bits per heavy atom. The molecule has 2 aromatic carbocycles. The van der Waals surface area contributed by atoms with Gasteiger partial charge in [-0.15, -0.1) is 0 Å². The smallest absolute Gasteiger partial charge is 0.0630 e. The van der Waals surface area contributed by atoms with Crippen molar-refractivity contribution in [3.63, 3.8) is 0 Å². The van der Waals surface area contributed by atoms with Crippen LogP contribution in [0.1, 0.15) is 35.6 Å². The van der Waals surface area contributed by atoms with Crippen molar-refractivity contribution in [3.05, 3.63) is 58.7 Å². The predicted octanol–water partition coefficient (Wildman–Crippen LogP) is -0.277. The Hall–Kier alpha value is 0.657. The van der Waals surface area contributed by atoms with Crippen LogP contribution in [0.5, 0.6) is 0 Å². The van der Waals surface area contributed by atoms with Crippen LogP contribution in [-0.2, 0) is 23.0 Å². The molecule has 5 heteroatoms. The molecule has 0 nitrogen and oxygen atoms in total. The molecule has 0 radical (unpaired) electrons. The summed E-state index contributed by atoms with van der Waals surface area (Å²) in [4.78, 5) is -0.274. The molecule has 0 heterocycles. The van der Waals surface area contributed by atoms with Gasteiger partial charge in [-0.1, -0.05) is 27.7 Å². The van der Waals surface area contributed by atoms with Gasteiger partial charge in [0.2, 0.25) is 0 Å². The van der Waals surface area contributed by atoms with Crippen molar-refractivity contribution in [1.82, 2.24) is 0 Å². The van der Waals surface area contributed by atoms with Crippen LogP contribution < -0.4 is 24.8 Å². The van der Waals surface area contributed by atoms with Gasteiger partial charge in [-0.3, -0.25) is 0 Å². The minimum absolute atomic E-state index is 0. The van der Waals surface area contributed by atoms with Crippen LogP contribution in [0.4, 0.5) is 0 Å². The summed E-state index contributed by atoms with van der Waals surface area (Å²) in [7, 11) is 0. The van der Waals surface area contributed by atoms with Gasteiger partial charge < -0.3 is 24.8 Å². The molecule has 124 valence electrons. The molecular formula is C17H25Cl3HfSi-2. The number of aryl methyl sites for hydroxylation is 2. The van der Waals surface area contributed by atoms with Crippen LogP contribution in [0.15, 0.2) is 36.4 Å². The normalized spacial score (nSPS) is 8.36. The molecule has 0 amide bonds. The van der Waals surface area contributed by atoms with E-state index < -0.39 is 0 Å². The van der Waals surface area contributed by atoms with Crippen LogP contribution in [0.2, 0.25) is 6.04 Å². The molecule has 0 aliphatic rings. The van der Waals surface area contributed by atoms with Crippen LogP contribution in [-0.4, -0.2) is 4.80 Å². The molecule has 0 aliphatic carbocycles. The van der Waals surface area contributed by atoms with E-state index in [0.717, 1.165) is 0 Å². The summed E-state index contributed by atoms with van der Waals surface area (Å²) < 4.78 is 0. The standard InChI is InChI=1S/C9H13.C5H5.C3H7ClSi.2ClH.Hf/c1-6-5-7(2)9(4)8(6)3;1-2-4-5-3-1;1-2-3-5-4;;;/h5H,1-4H3;1-5H;2-3H2,1H3;2*1H;/q2*-1;;;;+2/p-2. The molecule has 0 N–H and O–H groups in total. The van der Waals surface area contributed by atoms with Gasteiger partial charge in [0.1, 0.15) is 0 Å². The van der Waals surface area contributed by atoms with E-state index in [2.05, 4.69) is 40.7 Å². The maximum Gasteiger partial charge on any atom is -0.0630 e. The van der Waals surface area contributed by atoms with Crippen molar-refractivity contribution < 1.29 is 47.8 Å². The van der Waals surface area contributed by atoms with Gasteiger partial charge in [-0.2, -0.15) is 46.5 Å². The SMILES string of the molecule is CCC[Si](Cl)=[Hf+2].Cc1c[c-](C)c(C)c1C.[Cl-].[Cl-].c1cc[cH-]c1. The first kappa shape index (κ1) is 27.5.